The Morgan fingerprint density at radius 1 is 1.40 bits per heavy atom. The Kier molecular flexibility index (Phi) is 1.46. The molecule has 1 aromatic rings. The molecule has 1 unspecified atom stereocenters. The minimum absolute atomic E-state index is 0.213. The number of fused-ring (bicyclic) bond motifs is 1. The van der Waals surface area contributed by atoms with Crippen molar-refractivity contribution < 1.29 is 14.3 Å². The average Bonchev–Trinajstić information content (AvgIpc) is 2.82. The first-order valence-electron chi connectivity index (χ1n) is 5.18. The highest BCUT2D eigenvalue weighted by atomic mass is 16.4. The molecule has 1 spiro atoms. The predicted molar refractivity (Wildman–Crippen MR) is 52.2 cm³/mol. The summed E-state index contributed by atoms with van der Waals surface area (Å²) >= 11 is 0. The highest BCUT2D eigenvalue weighted by Crippen LogP contribution is 2.62. The van der Waals surface area contributed by atoms with Gasteiger partial charge in [0.2, 0.25) is 0 Å². The zero-order valence-corrected chi connectivity index (χ0v) is 8.32. The number of hydrogen-bond acceptors (Lipinski definition) is 3. The van der Waals surface area contributed by atoms with E-state index in [1.54, 1.807) is 6.26 Å². The number of nitrogens with two attached hydrogens (primary N) is 1. The van der Waals surface area contributed by atoms with Crippen LogP contribution in [0.2, 0.25) is 0 Å². The summed E-state index contributed by atoms with van der Waals surface area (Å²) in [7, 11) is 0. The van der Waals surface area contributed by atoms with Crippen molar-refractivity contribution in [3.05, 3.63) is 23.7 Å². The number of carboxylic acids is 1. The van der Waals surface area contributed by atoms with Gasteiger partial charge in [-0.15, -0.1) is 0 Å². The second-order valence-electron chi connectivity index (χ2n) is 4.70. The number of aliphatic carboxylic acids is 1. The first-order valence-corrected chi connectivity index (χ1v) is 5.18. The van der Waals surface area contributed by atoms with E-state index < -0.39 is 11.5 Å². The van der Waals surface area contributed by atoms with Crippen molar-refractivity contribution in [2.75, 3.05) is 0 Å². The van der Waals surface area contributed by atoms with Crippen molar-refractivity contribution in [3.8, 4) is 0 Å². The molecule has 1 atom stereocenters. The van der Waals surface area contributed by atoms with E-state index >= 15 is 0 Å². The van der Waals surface area contributed by atoms with Gasteiger partial charge in [-0.25, -0.2) is 4.79 Å². The topological polar surface area (TPSA) is 76.5 Å². The number of furan rings is 1. The fraction of sp³-hybridized carbons (Fsp3) is 0.545. The molecule has 3 N–H and O–H groups in total. The second-order valence-corrected chi connectivity index (χ2v) is 4.70. The third kappa shape index (κ3) is 0.880. The highest BCUT2D eigenvalue weighted by molar-refractivity contribution is 5.83. The summed E-state index contributed by atoms with van der Waals surface area (Å²) in [6.45, 7) is 0. The van der Waals surface area contributed by atoms with Gasteiger partial charge in [0.25, 0.3) is 0 Å². The van der Waals surface area contributed by atoms with Gasteiger partial charge in [0.05, 0.1) is 12.5 Å². The molecule has 4 heteroatoms. The fourth-order valence-corrected chi connectivity index (χ4v) is 2.86. The third-order valence-electron chi connectivity index (χ3n) is 4.07. The van der Waals surface area contributed by atoms with Crippen molar-refractivity contribution in [1.29, 1.82) is 0 Å². The van der Waals surface area contributed by atoms with Crippen LogP contribution in [-0.4, -0.2) is 11.1 Å². The average molecular weight is 207 g/mol. The number of hydrogen-bond donors (Lipinski definition) is 2. The number of rotatable bonds is 1. The lowest BCUT2D eigenvalue weighted by atomic mass is 9.68. The van der Waals surface area contributed by atoms with Crippen LogP contribution in [0.4, 0.5) is 0 Å². The van der Waals surface area contributed by atoms with Gasteiger partial charge in [-0.05, 0) is 31.2 Å². The first kappa shape index (κ1) is 8.97. The lowest BCUT2D eigenvalue weighted by molar-refractivity contribution is -0.147. The largest absolute Gasteiger partial charge is 0.480 e. The van der Waals surface area contributed by atoms with Crippen molar-refractivity contribution in [1.82, 2.24) is 0 Å². The Labute approximate surface area is 87.1 Å². The molecule has 0 radical (unpaired) electrons. The monoisotopic (exact) mass is 207 g/mol. The van der Waals surface area contributed by atoms with Gasteiger partial charge < -0.3 is 15.3 Å². The van der Waals surface area contributed by atoms with Crippen LogP contribution in [0.1, 0.15) is 30.4 Å². The predicted octanol–water partition coefficient (Wildman–Crippen LogP) is 1.24. The van der Waals surface area contributed by atoms with E-state index in [1.807, 2.05) is 0 Å². The molecule has 0 saturated heterocycles. The van der Waals surface area contributed by atoms with E-state index in [9.17, 15) is 9.90 Å². The van der Waals surface area contributed by atoms with Gasteiger partial charge in [-0.3, -0.25) is 0 Å². The Balaban J connectivity index is 2.21. The molecule has 2 aliphatic rings. The minimum atomic E-state index is -1.23. The van der Waals surface area contributed by atoms with E-state index in [2.05, 4.69) is 0 Å². The van der Waals surface area contributed by atoms with E-state index in [1.165, 1.54) is 6.26 Å². The van der Waals surface area contributed by atoms with Gasteiger partial charge in [0.15, 0.2) is 0 Å². The quantitative estimate of drug-likeness (QED) is 0.726. The van der Waals surface area contributed by atoms with Crippen LogP contribution < -0.4 is 5.73 Å². The lowest BCUT2D eigenvalue weighted by Gasteiger charge is -2.37. The van der Waals surface area contributed by atoms with E-state index in [0.717, 1.165) is 31.2 Å². The van der Waals surface area contributed by atoms with Gasteiger partial charge in [-0.2, -0.15) is 0 Å². The van der Waals surface area contributed by atoms with Crippen LogP contribution >= 0.6 is 0 Å². The Morgan fingerprint density at radius 3 is 2.73 bits per heavy atom. The summed E-state index contributed by atoms with van der Waals surface area (Å²) in [5.41, 5.74) is 6.33. The first-order chi connectivity index (χ1) is 7.10. The molecule has 15 heavy (non-hydrogen) atoms. The maximum atomic E-state index is 11.4. The van der Waals surface area contributed by atoms with Gasteiger partial charge >= 0.3 is 5.97 Å². The Morgan fingerprint density at radius 2 is 2.13 bits per heavy atom. The molecule has 1 fully saturated rings. The molecule has 1 aromatic heterocycles. The molecule has 1 heterocycles. The third-order valence-corrected chi connectivity index (χ3v) is 4.07. The normalized spacial score (nSPS) is 31.3. The fourth-order valence-electron chi connectivity index (χ4n) is 2.86. The molecule has 1 saturated carbocycles. The van der Waals surface area contributed by atoms with Crippen LogP contribution in [0, 0.1) is 5.41 Å². The molecule has 4 nitrogen and oxygen atoms in total. The molecule has 2 aliphatic carbocycles. The van der Waals surface area contributed by atoms with Crippen molar-refractivity contribution >= 4 is 5.97 Å². The Bertz CT molecular complexity index is 433. The van der Waals surface area contributed by atoms with E-state index in [4.69, 9.17) is 10.2 Å². The maximum absolute atomic E-state index is 11.4. The van der Waals surface area contributed by atoms with Crippen LogP contribution in [-0.2, 0) is 16.8 Å². The Hall–Kier alpha value is -1.29. The molecule has 0 aromatic carbocycles. The van der Waals surface area contributed by atoms with Crippen molar-refractivity contribution in [2.45, 2.75) is 31.2 Å². The second kappa shape index (κ2) is 2.44. The molecule has 0 aliphatic heterocycles. The van der Waals surface area contributed by atoms with Gasteiger partial charge in [-0.1, -0.05) is 0 Å². The van der Waals surface area contributed by atoms with E-state index in [0.29, 0.717) is 5.56 Å². The summed E-state index contributed by atoms with van der Waals surface area (Å²) in [5, 5.41) is 9.37. The van der Waals surface area contributed by atoms with Gasteiger partial charge in [0.1, 0.15) is 5.54 Å². The van der Waals surface area contributed by atoms with Crippen LogP contribution in [0.5, 0.6) is 0 Å². The summed E-state index contributed by atoms with van der Waals surface area (Å²) in [6.07, 6.45) is 6.71. The van der Waals surface area contributed by atoms with Crippen molar-refractivity contribution in [3.63, 3.8) is 0 Å². The smallest absolute Gasteiger partial charge is 0.329 e. The zero-order valence-electron chi connectivity index (χ0n) is 8.32. The highest BCUT2D eigenvalue weighted by Gasteiger charge is 2.64. The van der Waals surface area contributed by atoms with Crippen LogP contribution in [0.3, 0.4) is 0 Å². The zero-order chi connectivity index (χ0) is 10.7. The van der Waals surface area contributed by atoms with Gasteiger partial charge in [0, 0.05) is 11.0 Å². The molecular weight excluding hydrogens is 194 g/mol. The SMILES string of the molecule is NC1(C(=O)O)c2cocc2CCC12CC2. The molecular formula is C11H13NO3. The molecule has 80 valence electrons. The van der Waals surface area contributed by atoms with Crippen molar-refractivity contribution in [2.24, 2.45) is 11.1 Å². The maximum Gasteiger partial charge on any atom is 0.329 e. The number of aryl methyl sites for hydroxylation is 1. The summed E-state index contributed by atoms with van der Waals surface area (Å²) < 4.78 is 5.09. The van der Waals surface area contributed by atoms with Crippen LogP contribution in [0.15, 0.2) is 16.9 Å². The lowest BCUT2D eigenvalue weighted by Crippen LogP contribution is -2.54. The molecule has 3 rings (SSSR count). The number of carbonyl (C=O) groups is 1. The molecule has 0 bridgehead atoms. The summed E-state index contributed by atoms with van der Waals surface area (Å²) in [5.74, 6) is -0.928. The van der Waals surface area contributed by atoms with Crippen LogP contribution in [0.25, 0.3) is 0 Å². The number of carboxylic acid groups (broad SMARTS) is 1. The summed E-state index contributed by atoms with van der Waals surface area (Å²) in [4.78, 5) is 11.4. The standard InChI is InChI=1S/C11H13NO3/c12-11(9(13)14)8-6-15-5-7(8)1-2-10(11)3-4-10/h5-6H,1-4,12H2,(H,13,14). The van der Waals surface area contributed by atoms with E-state index in [-0.39, 0.29) is 5.41 Å². The summed E-state index contributed by atoms with van der Waals surface area (Å²) in [6, 6.07) is 0. The molecule has 0 amide bonds. The minimum Gasteiger partial charge on any atom is -0.480 e.